The highest BCUT2D eigenvalue weighted by Gasteiger charge is 2.38. The van der Waals surface area contributed by atoms with Gasteiger partial charge >= 0.3 is 6.03 Å². The molecule has 26 heavy (non-hydrogen) atoms. The van der Waals surface area contributed by atoms with Crippen LogP contribution in [-0.2, 0) is 4.79 Å². The van der Waals surface area contributed by atoms with E-state index in [-0.39, 0.29) is 12.5 Å². The molecule has 1 aliphatic heterocycles. The predicted octanol–water partition coefficient (Wildman–Crippen LogP) is 2.55. The Balaban J connectivity index is 1.73. The topological polar surface area (TPSA) is 79.5 Å². The number of carbonyl (C=O) groups is 2. The van der Waals surface area contributed by atoms with E-state index < -0.39 is 23.8 Å². The molecule has 1 saturated heterocycles. The number of hydrogen-bond acceptors (Lipinski definition) is 3. The molecule has 0 radical (unpaired) electrons. The first-order chi connectivity index (χ1) is 12.5. The Labute approximate surface area is 150 Å². The van der Waals surface area contributed by atoms with E-state index in [0.29, 0.717) is 17.0 Å². The lowest BCUT2D eigenvalue weighted by Gasteiger charge is -2.20. The molecule has 3 N–H and O–H groups in total. The van der Waals surface area contributed by atoms with Gasteiger partial charge in [0.2, 0.25) is 5.91 Å². The molecule has 6 nitrogen and oxygen atoms in total. The zero-order chi connectivity index (χ0) is 18.7. The number of halogens is 1. The summed E-state index contributed by atoms with van der Waals surface area (Å²) < 4.78 is 19.4. The van der Waals surface area contributed by atoms with Crippen LogP contribution in [0.2, 0.25) is 0 Å². The van der Waals surface area contributed by atoms with Gasteiger partial charge in [-0.1, -0.05) is 23.8 Å². The van der Waals surface area contributed by atoms with Crippen LogP contribution in [0, 0.1) is 12.7 Å². The van der Waals surface area contributed by atoms with Gasteiger partial charge in [0.05, 0.1) is 7.11 Å². The first-order valence-corrected chi connectivity index (χ1v) is 8.23. The van der Waals surface area contributed by atoms with Crippen molar-refractivity contribution in [2.24, 2.45) is 0 Å². The van der Waals surface area contributed by atoms with E-state index >= 15 is 0 Å². The van der Waals surface area contributed by atoms with Crippen molar-refractivity contribution in [1.29, 1.82) is 0 Å². The molecule has 0 unspecified atom stereocenters. The Kier molecular flexibility index (Phi) is 5.06. The molecule has 0 saturated carbocycles. The van der Waals surface area contributed by atoms with Crippen LogP contribution < -0.4 is 20.7 Å². The summed E-state index contributed by atoms with van der Waals surface area (Å²) >= 11 is 0. The van der Waals surface area contributed by atoms with Crippen LogP contribution in [0.3, 0.4) is 0 Å². The van der Waals surface area contributed by atoms with Crippen LogP contribution in [0.1, 0.15) is 17.0 Å². The van der Waals surface area contributed by atoms with E-state index in [1.165, 1.54) is 13.2 Å². The number of nitrogens with one attached hydrogen (secondary N) is 3. The van der Waals surface area contributed by atoms with Crippen molar-refractivity contribution in [3.63, 3.8) is 0 Å². The minimum absolute atomic E-state index is 0.248. The summed E-state index contributed by atoms with van der Waals surface area (Å²) in [4.78, 5) is 24.4. The molecule has 0 spiro atoms. The largest absolute Gasteiger partial charge is 0.497 e. The quantitative estimate of drug-likeness (QED) is 0.787. The lowest BCUT2D eigenvalue weighted by molar-refractivity contribution is -0.120. The number of aryl methyl sites for hydroxylation is 1. The zero-order valence-corrected chi connectivity index (χ0v) is 14.5. The second-order valence-electron chi connectivity index (χ2n) is 6.18. The van der Waals surface area contributed by atoms with Gasteiger partial charge in [-0.05, 0) is 30.7 Å². The van der Waals surface area contributed by atoms with Crippen molar-refractivity contribution in [2.75, 3.05) is 19.0 Å². The second kappa shape index (κ2) is 7.43. The summed E-state index contributed by atoms with van der Waals surface area (Å²) in [5.41, 5.74) is 2.03. The average molecular weight is 357 g/mol. The molecule has 1 aliphatic rings. The molecule has 136 valence electrons. The van der Waals surface area contributed by atoms with E-state index in [1.54, 1.807) is 24.3 Å². The van der Waals surface area contributed by atoms with Gasteiger partial charge in [-0.2, -0.15) is 0 Å². The van der Waals surface area contributed by atoms with Crippen molar-refractivity contribution in [3.8, 4) is 5.75 Å². The molecular formula is C19H20FN3O3. The fourth-order valence-corrected chi connectivity index (χ4v) is 2.96. The van der Waals surface area contributed by atoms with Crippen LogP contribution in [-0.4, -0.2) is 31.6 Å². The maximum absolute atomic E-state index is 14.4. The number of hydrogen-bond donors (Lipinski definition) is 3. The summed E-state index contributed by atoms with van der Waals surface area (Å²) in [6.45, 7) is 2.19. The van der Waals surface area contributed by atoms with Crippen LogP contribution in [0.5, 0.6) is 5.75 Å². The van der Waals surface area contributed by atoms with Gasteiger partial charge in [0.15, 0.2) is 0 Å². The number of rotatable bonds is 4. The summed E-state index contributed by atoms with van der Waals surface area (Å²) in [7, 11) is 1.45. The molecule has 7 heteroatoms. The molecule has 1 fully saturated rings. The molecule has 3 rings (SSSR count). The molecule has 0 aromatic heterocycles. The molecule has 3 amide bonds. The smallest absolute Gasteiger partial charge is 0.319 e. The van der Waals surface area contributed by atoms with Gasteiger partial charge in [0.25, 0.3) is 0 Å². The lowest BCUT2D eigenvalue weighted by Crippen LogP contribution is -2.44. The van der Waals surface area contributed by atoms with Gasteiger partial charge in [-0.3, -0.25) is 4.79 Å². The van der Waals surface area contributed by atoms with Gasteiger partial charge in [0, 0.05) is 24.2 Å². The van der Waals surface area contributed by atoms with Gasteiger partial charge in [-0.15, -0.1) is 0 Å². The minimum atomic E-state index is -0.858. The van der Waals surface area contributed by atoms with Crippen molar-refractivity contribution in [2.45, 2.75) is 18.9 Å². The molecule has 2 aromatic rings. The fourth-order valence-electron chi connectivity index (χ4n) is 2.96. The molecular weight excluding hydrogens is 337 g/mol. The maximum atomic E-state index is 14.4. The minimum Gasteiger partial charge on any atom is -0.497 e. The Morgan fingerprint density at radius 1 is 1.23 bits per heavy atom. The fraction of sp³-hybridized carbons (Fsp3) is 0.263. The number of ether oxygens (including phenoxy) is 1. The lowest BCUT2D eigenvalue weighted by atomic mass is 9.93. The third-order valence-corrected chi connectivity index (χ3v) is 4.38. The Morgan fingerprint density at radius 2 is 1.96 bits per heavy atom. The van der Waals surface area contributed by atoms with Crippen molar-refractivity contribution in [3.05, 3.63) is 59.4 Å². The van der Waals surface area contributed by atoms with Crippen LogP contribution >= 0.6 is 0 Å². The third-order valence-electron chi connectivity index (χ3n) is 4.38. The SMILES string of the molecule is COc1ccc([C@@H]2CNC(=O)[C@H]2NC(=O)Nc2ccc(C)cc2)c(F)c1. The third kappa shape index (κ3) is 3.77. The molecule has 0 aliphatic carbocycles. The normalized spacial score (nSPS) is 19.0. The predicted molar refractivity (Wildman–Crippen MR) is 95.8 cm³/mol. The average Bonchev–Trinajstić information content (AvgIpc) is 2.97. The first kappa shape index (κ1) is 17.7. The van der Waals surface area contributed by atoms with Gasteiger partial charge in [-0.25, -0.2) is 9.18 Å². The number of anilines is 1. The van der Waals surface area contributed by atoms with Crippen molar-refractivity contribution in [1.82, 2.24) is 10.6 Å². The number of benzene rings is 2. The summed E-state index contributed by atoms with van der Waals surface area (Å²) in [6, 6.07) is 10.4. The molecule has 1 heterocycles. The Hall–Kier alpha value is -3.09. The van der Waals surface area contributed by atoms with Crippen LogP contribution in [0.25, 0.3) is 0 Å². The summed E-state index contributed by atoms with van der Waals surface area (Å²) in [5.74, 6) is -0.928. The number of urea groups is 1. The Bertz CT molecular complexity index is 823. The van der Waals surface area contributed by atoms with E-state index in [2.05, 4.69) is 16.0 Å². The highest BCUT2D eigenvalue weighted by molar-refractivity contribution is 5.95. The monoisotopic (exact) mass is 357 g/mol. The highest BCUT2D eigenvalue weighted by Crippen LogP contribution is 2.28. The first-order valence-electron chi connectivity index (χ1n) is 8.23. The molecule has 2 atom stereocenters. The standard InChI is InChI=1S/C19H20FN3O3/c1-11-3-5-12(6-4-11)22-19(25)23-17-15(10-21-18(17)24)14-8-7-13(26-2)9-16(14)20/h3-9,15,17H,10H2,1-2H3,(H,21,24)(H2,22,23,25)/t15-,17-/m0/s1. The van der Waals surface area contributed by atoms with Crippen molar-refractivity contribution < 1.29 is 18.7 Å². The van der Waals surface area contributed by atoms with Gasteiger partial charge in [0.1, 0.15) is 17.6 Å². The number of amides is 3. The zero-order valence-electron chi connectivity index (χ0n) is 14.5. The summed E-state index contributed by atoms with van der Waals surface area (Å²) in [6.07, 6.45) is 0. The number of carbonyl (C=O) groups excluding carboxylic acids is 2. The maximum Gasteiger partial charge on any atom is 0.319 e. The number of methoxy groups -OCH3 is 1. The van der Waals surface area contributed by atoms with E-state index in [9.17, 15) is 14.0 Å². The molecule has 2 aromatic carbocycles. The van der Waals surface area contributed by atoms with Crippen LogP contribution in [0.4, 0.5) is 14.9 Å². The van der Waals surface area contributed by atoms with Crippen molar-refractivity contribution >= 4 is 17.6 Å². The Morgan fingerprint density at radius 3 is 2.62 bits per heavy atom. The molecule has 0 bridgehead atoms. The highest BCUT2D eigenvalue weighted by atomic mass is 19.1. The van der Waals surface area contributed by atoms with E-state index in [4.69, 9.17) is 4.74 Å². The van der Waals surface area contributed by atoms with E-state index in [0.717, 1.165) is 5.56 Å². The summed E-state index contributed by atoms with van der Waals surface area (Å²) in [5, 5.41) is 7.99. The van der Waals surface area contributed by atoms with E-state index in [1.807, 2.05) is 19.1 Å². The van der Waals surface area contributed by atoms with Gasteiger partial charge < -0.3 is 20.7 Å². The van der Waals surface area contributed by atoms with Crippen LogP contribution in [0.15, 0.2) is 42.5 Å². The second-order valence-corrected chi connectivity index (χ2v) is 6.18.